The lowest BCUT2D eigenvalue weighted by molar-refractivity contribution is 0.889. The van der Waals surface area contributed by atoms with Gasteiger partial charge in [-0.25, -0.2) is 4.98 Å². The summed E-state index contributed by atoms with van der Waals surface area (Å²) in [5.74, 6) is 0.924. The van der Waals surface area contributed by atoms with Crippen molar-refractivity contribution >= 4 is 17.4 Å². The van der Waals surface area contributed by atoms with Gasteiger partial charge in [-0.2, -0.15) is 0 Å². The van der Waals surface area contributed by atoms with E-state index in [-0.39, 0.29) is 5.84 Å². The Morgan fingerprint density at radius 1 is 1.53 bits per heavy atom. The Balaban J connectivity index is 2.63. The Bertz CT molecular complexity index is 559. The molecule has 0 unspecified atom stereocenters. The molecule has 4 nitrogen and oxygen atoms in total. The van der Waals surface area contributed by atoms with Gasteiger partial charge in [-0.05, 0) is 18.2 Å². The number of benzene rings is 1. The van der Waals surface area contributed by atoms with Crippen LogP contribution in [0.15, 0.2) is 30.6 Å². The summed E-state index contributed by atoms with van der Waals surface area (Å²) in [7, 11) is 0. The minimum Gasteiger partial charge on any atom is -0.384 e. The number of nitrogen functional groups attached to an aromatic ring is 1. The molecule has 1 aromatic heterocycles. The highest BCUT2D eigenvalue weighted by molar-refractivity contribution is 6.31. The SMILES string of the molecule is CCc1nccn1-c1ccc(Cl)cc1C(=N)N. The predicted molar refractivity (Wildman–Crippen MR) is 69.0 cm³/mol. The zero-order valence-corrected chi connectivity index (χ0v) is 10.2. The molecule has 5 heteroatoms. The number of aromatic nitrogens is 2. The zero-order valence-electron chi connectivity index (χ0n) is 9.44. The number of nitrogens with one attached hydrogen (secondary N) is 1. The van der Waals surface area contributed by atoms with Crippen LogP contribution in [-0.4, -0.2) is 15.4 Å². The third-order valence-corrected chi connectivity index (χ3v) is 2.78. The minimum atomic E-state index is -0.00162. The summed E-state index contributed by atoms with van der Waals surface area (Å²) >= 11 is 5.92. The van der Waals surface area contributed by atoms with E-state index in [1.54, 1.807) is 18.3 Å². The van der Waals surface area contributed by atoms with E-state index in [9.17, 15) is 0 Å². The first-order valence-electron chi connectivity index (χ1n) is 5.30. The van der Waals surface area contributed by atoms with E-state index in [1.807, 2.05) is 23.8 Å². The van der Waals surface area contributed by atoms with E-state index in [0.717, 1.165) is 17.9 Å². The molecule has 0 fully saturated rings. The van der Waals surface area contributed by atoms with Crippen LogP contribution < -0.4 is 5.73 Å². The number of rotatable bonds is 3. The molecule has 0 aliphatic heterocycles. The third-order valence-electron chi connectivity index (χ3n) is 2.54. The van der Waals surface area contributed by atoms with Crippen LogP contribution in [0.2, 0.25) is 5.02 Å². The Morgan fingerprint density at radius 3 is 2.94 bits per heavy atom. The molecule has 0 aliphatic rings. The Hall–Kier alpha value is -1.81. The molecule has 0 spiro atoms. The molecule has 2 rings (SSSR count). The molecule has 88 valence electrons. The molecular weight excluding hydrogens is 236 g/mol. The van der Waals surface area contributed by atoms with Crippen molar-refractivity contribution in [1.29, 1.82) is 5.41 Å². The highest BCUT2D eigenvalue weighted by Gasteiger charge is 2.10. The number of aryl methyl sites for hydroxylation is 1. The fraction of sp³-hybridized carbons (Fsp3) is 0.167. The van der Waals surface area contributed by atoms with Gasteiger partial charge in [-0.1, -0.05) is 18.5 Å². The van der Waals surface area contributed by atoms with Crippen LogP contribution in [0, 0.1) is 5.41 Å². The van der Waals surface area contributed by atoms with E-state index >= 15 is 0 Å². The first-order valence-corrected chi connectivity index (χ1v) is 5.67. The van der Waals surface area contributed by atoms with E-state index in [0.29, 0.717) is 10.6 Å². The second kappa shape index (κ2) is 4.59. The van der Waals surface area contributed by atoms with Gasteiger partial charge in [0.1, 0.15) is 11.7 Å². The zero-order chi connectivity index (χ0) is 12.4. The van der Waals surface area contributed by atoms with Crippen LogP contribution in [0.25, 0.3) is 5.69 Å². The lowest BCUT2D eigenvalue weighted by Crippen LogP contribution is -2.15. The van der Waals surface area contributed by atoms with Crippen molar-refractivity contribution in [3.05, 3.63) is 47.0 Å². The second-order valence-electron chi connectivity index (χ2n) is 3.64. The molecule has 0 aliphatic carbocycles. The second-order valence-corrected chi connectivity index (χ2v) is 4.08. The van der Waals surface area contributed by atoms with Gasteiger partial charge in [0, 0.05) is 29.4 Å². The monoisotopic (exact) mass is 248 g/mol. The smallest absolute Gasteiger partial charge is 0.124 e. The summed E-state index contributed by atoms with van der Waals surface area (Å²) in [4.78, 5) is 4.25. The quantitative estimate of drug-likeness (QED) is 0.647. The molecular formula is C12H13ClN4. The molecule has 0 atom stereocenters. The number of imidazole rings is 1. The standard InChI is InChI=1S/C12H13ClN4/c1-2-11-16-5-6-17(11)10-4-3-8(13)7-9(10)12(14)15/h3-7H,2H2,1H3,(H3,14,15). The molecule has 0 radical (unpaired) electrons. The van der Waals surface area contributed by atoms with Crippen molar-refractivity contribution in [3.8, 4) is 5.69 Å². The van der Waals surface area contributed by atoms with E-state index in [1.165, 1.54) is 0 Å². The number of halogens is 1. The van der Waals surface area contributed by atoms with Gasteiger partial charge in [0.05, 0.1) is 5.69 Å². The topological polar surface area (TPSA) is 67.7 Å². The van der Waals surface area contributed by atoms with Crippen LogP contribution in [0.1, 0.15) is 18.3 Å². The minimum absolute atomic E-state index is 0.00162. The molecule has 1 heterocycles. The maximum Gasteiger partial charge on any atom is 0.124 e. The van der Waals surface area contributed by atoms with Crippen molar-refractivity contribution in [2.75, 3.05) is 0 Å². The third kappa shape index (κ3) is 2.17. The summed E-state index contributed by atoms with van der Waals surface area (Å²) in [5.41, 5.74) is 7.02. The maximum atomic E-state index is 7.59. The molecule has 0 bridgehead atoms. The van der Waals surface area contributed by atoms with Crippen LogP contribution >= 0.6 is 11.6 Å². The predicted octanol–water partition coefficient (Wildman–Crippen LogP) is 2.37. The van der Waals surface area contributed by atoms with Crippen LogP contribution in [0.3, 0.4) is 0 Å². The van der Waals surface area contributed by atoms with E-state index in [4.69, 9.17) is 22.7 Å². The number of hydrogen-bond acceptors (Lipinski definition) is 2. The largest absolute Gasteiger partial charge is 0.384 e. The highest BCUT2D eigenvalue weighted by Crippen LogP contribution is 2.20. The molecule has 0 saturated heterocycles. The highest BCUT2D eigenvalue weighted by atomic mass is 35.5. The molecule has 0 saturated carbocycles. The van der Waals surface area contributed by atoms with Gasteiger partial charge in [0.15, 0.2) is 0 Å². The Labute approximate surface area is 105 Å². The van der Waals surface area contributed by atoms with Crippen molar-refractivity contribution < 1.29 is 0 Å². The number of amidine groups is 1. The van der Waals surface area contributed by atoms with Crippen LogP contribution in [0.5, 0.6) is 0 Å². The average molecular weight is 249 g/mol. The van der Waals surface area contributed by atoms with E-state index < -0.39 is 0 Å². The summed E-state index contributed by atoms with van der Waals surface area (Å²) in [6.07, 6.45) is 4.40. The molecule has 3 N–H and O–H groups in total. The Kier molecular flexibility index (Phi) is 3.15. The molecule has 2 aromatic rings. The number of nitrogens with zero attached hydrogens (tertiary/aromatic N) is 2. The normalized spacial score (nSPS) is 10.5. The van der Waals surface area contributed by atoms with Gasteiger partial charge in [0.2, 0.25) is 0 Å². The molecule has 0 amide bonds. The number of hydrogen-bond donors (Lipinski definition) is 2. The van der Waals surface area contributed by atoms with Gasteiger partial charge in [0.25, 0.3) is 0 Å². The average Bonchev–Trinajstić information content (AvgIpc) is 2.76. The van der Waals surface area contributed by atoms with Crippen molar-refractivity contribution in [1.82, 2.24) is 9.55 Å². The fourth-order valence-corrected chi connectivity index (χ4v) is 1.92. The maximum absolute atomic E-state index is 7.59. The number of nitrogens with two attached hydrogens (primary N) is 1. The first-order chi connectivity index (χ1) is 8.13. The summed E-state index contributed by atoms with van der Waals surface area (Å²) in [6.45, 7) is 2.03. The summed E-state index contributed by atoms with van der Waals surface area (Å²) in [5, 5.41) is 8.16. The van der Waals surface area contributed by atoms with Crippen molar-refractivity contribution in [3.63, 3.8) is 0 Å². The van der Waals surface area contributed by atoms with Crippen molar-refractivity contribution in [2.45, 2.75) is 13.3 Å². The molecule has 1 aromatic carbocycles. The van der Waals surface area contributed by atoms with Gasteiger partial charge in [-0.15, -0.1) is 0 Å². The lowest BCUT2D eigenvalue weighted by Gasteiger charge is -2.11. The summed E-state index contributed by atoms with van der Waals surface area (Å²) in [6, 6.07) is 5.32. The van der Waals surface area contributed by atoms with Gasteiger partial charge in [-0.3, -0.25) is 5.41 Å². The Morgan fingerprint density at radius 2 is 2.29 bits per heavy atom. The fourth-order valence-electron chi connectivity index (χ4n) is 1.75. The summed E-state index contributed by atoms with van der Waals surface area (Å²) < 4.78 is 1.92. The lowest BCUT2D eigenvalue weighted by atomic mass is 10.1. The molecule has 17 heavy (non-hydrogen) atoms. The van der Waals surface area contributed by atoms with E-state index in [2.05, 4.69) is 4.98 Å². The van der Waals surface area contributed by atoms with Gasteiger partial charge >= 0.3 is 0 Å². The first kappa shape index (κ1) is 11.7. The van der Waals surface area contributed by atoms with Crippen molar-refractivity contribution in [2.24, 2.45) is 5.73 Å². The van der Waals surface area contributed by atoms with Crippen LogP contribution in [-0.2, 0) is 6.42 Å². The van der Waals surface area contributed by atoms with Gasteiger partial charge < -0.3 is 10.3 Å². The van der Waals surface area contributed by atoms with Crippen LogP contribution in [0.4, 0.5) is 0 Å².